The summed E-state index contributed by atoms with van der Waals surface area (Å²) in [5.41, 5.74) is 0.947. The van der Waals surface area contributed by atoms with Crippen molar-refractivity contribution in [2.45, 2.75) is 26.8 Å². The second-order valence-electron chi connectivity index (χ2n) is 4.83. The third kappa shape index (κ3) is 2.56. The van der Waals surface area contributed by atoms with Crippen LogP contribution in [-0.4, -0.2) is 22.1 Å². The highest BCUT2D eigenvalue weighted by Gasteiger charge is 2.14. The van der Waals surface area contributed by atoms with Crippen LogP contribution in [0.2, 0.25) is 0 Å². The van der Waals surface area contributed by atoms with Crippen molar-refractivity contribution < 1.29 is 0 Å². The highest BCUT2D eigenvalue weighted by molar-refractivity contribution is 6.18. The molecule has 1 aromatic carbocycles. The van der Waals surface area contributed by atoms with Crippen molar-refractivity contribution in [3.8, 4) is 0 Å². The third-order valence-electron chi connectivity index (χ3n) is 3.17. The van der Waals surface area contributed by atoms with Gasteiger partial charge in [0, 0.05) is 22.7 Å². The van der Waals surface area contributed by atoms with Gasteiger partial charge < -0.3 is 5.32 Å². The molecule has 1 atom stereocenters. The molecule has 1 aromatic heterocycles. The van der Waals surface area contributed by atoms with Crippen LogP contribution in [0.3, 0.4) is 0 Å². The lowest BCUT2D eigenvalue weighted by atomic mass is 10.1. The molecule has 4 heteroatoms. The van der Waals surface area contributed by atoms with Gasteiger partial charge in [-0.2, -0.15) is 5.10 Å². The number of aromatic nitrogens is 2. The number of benzene rings is 1. The number of anilines is 1. The summed E-state index contributed by atoms with van der Waals surface area (Å²) in [6.07, 6.45) is 0. The van der Waals surface area contributed by atoms with Crippen molar-refractivity contribution in [1.29, 1.82) is 0 Å². The fraction of sp³-hybridized carbons (Fsp3) is 0.429. The SMILES string of the molecule is Cc1nnc(NC(CCl)C(C)C)c2ccccc12. The predicted octanol–water partition coefficient (Wildman–Crippen LogP) is 3.61. The molecule has 2 rings (SSSR count). The standard InChI is InChI=1S/C14H18ClN3/c1-9(2)13(8-15)16-14-12-7-5-4-6-11(12)10(3)17-18-14/h4-7,9,13H,8H2,1-3H3,(H,16,18). The highest BCUT2D eigenvalue weighted by atomic mass is 35.5. The summed E-state index contributed by atoms with van der Waals surface area (Å²) in [4.78, 5) is 0. The Morgan fingerprint density at radius 3 is 2.44 bits per heavy atom. The maximum absolute atomic E-state index is 5.98. The number of aryl methyl sites for hydroxylation is 1. The van der Waals surface area contributed by atoms with E-state index in [-0.39, 0.29) is 6.04 Å². The molecule has 0 saturated heterocycles. The zero-order valence-electron chi connectivity index (χ0n) is 10.9. The van der Waals surface area contributed by atoms with Crippen LogP contribution in [0.5, 0.6) is 0 Å². The van der Waals surface area contributed by atoms with Gasteiger partial charge in [-0.25, -0.2) is 0 Å². The smallest absolute Gasteiger partial charge is 0.156 e. The number of alkyl halides is 1. The fourth-order valence-corrected chi connectivity index (χ4v) is 2.34. The molecule has 0 radical (unpaired) electrons. The first-order valence-electron chi connectivity index (χ1n) is 6.18. The first-order valence-corrected chi connectivity index (χ1v) is 6.71. The zero-order chi connectivity index (χ0) is 13.1. The molecule has 0 saturated carbocycles. The highest BCUT2D eigenvalue weighted by Crippen LogP contribution is 2.23. The van der Waals surface area contributed by atoms with Crippen molar-refractivity contribution in [1.82, 2.24) is 10.2 Å². The molecule has 0 bridgehead atoms. The maximum Gasteiger partial charge on any atom is 0.156 e. The Kier molecular flexibility index (Phi) is 4.02. The Bertz CT molecular complexity index is 540. The normalized spacial score (nSPS) is 12.9. The van der Waals surface area contributed by atoms with Gasteiger partial charge in [-0.05, 0) is 12.8 Å². The summed E-state index contributed by atoms with van der Waals surface area (Å²) < 4.78 is 0. The van der Waals surface area contributed by atoms with E-state index in [4.69, 9.17) is 11.6 Å². The van der Waals surface area contributed by atoms with E-state index in [1.165, 1.54) is 0 Å². The minimum absolute atomic E-state index is 0.201. The number of rotatable bonds is 4. The van der Waals surface area contributed by atoms with E-state index in [2.05, 4.69) is 41.5 Å². The summed E-state index contributed by atoms with van der Waals surface area (Å²) in [6.45, 7) is 6.26. The number of halogens is 1. The van der Waals surface area contributed by atoms with Crippen molar-refractivity contribution in [3.05, 3.63) is 30.0 Å². The molecule has 0 spiro atoms. The summed E-state index contributed by atoms with van der Waals surface area (Å²) in [6, 6.07) is 8.36. The number of nitrogens with zero attached hydrogens (tertiary/aromatic N) is 2. The van der Waals surface area contributed by atoms with Crippen LogP contribution in [-0.2, 0) is 0 Å². The topological polar surface area (TPSA) is 37.8 Å². The molecule has 0 aliphatic carbocycles. The van der Waals surface area contributed by atoms with Crippen molar-refractivity contribution in [2.75, 3.05) is 11.2 Å². The van der Waals surface area contributed by atoms with Crippen molar-refractivity contribution in [3.63, 3.8) is 0 Å². The first kappa shape index (κ1) is 13.1. The molecular formula is C14H18ClN3. The Morgan fingerprint density at radius 2 is 1.83 bits per heavy atom. The van der Waals surface area contributed by atoms with E-state index in [1.807, 2.05) is 19.1 Å². The van der Waals surface area contributed by atoms with Crippen LogP contribution < -0.4 is 5.32 Å². The molecule has 18 heavy (non-hydrogen) atoms. The summed E-state index contributed by atoms with van der Waals surface area (Å²) in [7, 11) is 0. The predicted molar refractivity (Wildman–Crippen MR) is 77.2 cm³/mol. The number of nitrogens with one attached hydrogen (secondary N) is 1. The van der Waals surface area contributed by atoms with Gasteiger partial charge in [-0.1, -0.05) is 38.1 Å². The Labute approximate surface area is 113 Å². The zero-order valence-corrected chi connectivity index (χ0v) is 11.7. The summed E-state index contributed by atoms with van der Waals surface area (Å²) >= 11 is 5.98. The van der Waals surface area contributed by atoms with Crippen LogP contribution in [0, 0.1) is 12.8 Å². The second kappa shape index (κ2) is 5.53. The summed E-state index contributed by atoms with van der Waals surface area (Å²) in [5.74, 6) is 1.82. The molecule has 0 aliphatic rings. The fourth-order valence-electron chi connectivity index (χ4n) is 1.90. The van der Waals surface area contributed by atoms with E-state index < -0.39 is 0 Å². The van der Waals surface area contributed by atoms with Gasteiger partial charge in [-0.3, -0.25) is 0 Å². The molecule has 0 amide bonds. The van der Waals surface area contributed by atoms with Gasteiger partial charge in [0.2, 0.25) is 0 Å². The summed E-state index contributed by atoms with van der Waals surface area (Å²) in [5, 5.41) is 14.1. The van der Waals surface area contributed by atoms with Crippen molar-refractivity contribution in [2.24, 2.45) is 5.92 Å². The molecule has 1 unspecified atom stereocenters. The van der Waals surface area contributed by atoms with E-state index in [1.54, 1.807) is 0 Å². The lowest BCUT2D eigenvalue weighted by molar-refractivity contribution is 0.562. The Balaban J connectivity index is 2.42. The number of fused-ring (bicyclic) bond motifs is 1. The first-order chi connectivity index (χ1) is 8.63. The van der Waals surface area contributed by atoms with Crippen LogP contribution in [0.1, 0.15) is 19.5 Å². The monoisotopic (exact) mass is 263 g/mol. The molecule has 1 N–H and O–H groups in total. The number of hydrogen-bond donors (Lipinski definition) is 1. The van der Waals surface area contributed by atoms with Crippen LogP contribution in [0.4, 0.5) is 5.82 Å². The lowest BCUT2D eigenvalue weighted by Gasteiger charge is -2.21. The van der Waals surface area contributed by atoms with Gasteiger partial charge in [0.15, 0.2) is 5.82 Å². The van der Waals surface area contributed by atoms with Crippen molar-refractivity contribution >= 4 is 28.2 Å². The van der Waals surface area contributed by atoms with E-state index in [0.717, 1.165) is 22.3 Å². The molecule has 2 aromatic rings. The lowest BCUT2D eigenvalue weighted by Crippen LogP contribution is -2.28. The van der Waals surface area contributed by atoms with Gasteiger partial charge in [-0.15, -0.1) is 16.7 Å². The number of hydrogen-bond acceptors (Lipinski definition) is 3. The van der Waals surface area contributed by atoms with E-state index in [0.29, 0.717) is 11.8 Å². The van der Waals surface area contributed by atoms with Crippen LogP contribution >= 0.6 is 11.6 Å². The maximum atomic E-state index is 5.98. The quantitative estimate of drug-likeness (QED) is 0.857. The van der Waals surface area contributed by atoms with E-state index in [9.17, 15) is 0 Å². The Hall–Kier alpha value is -1.35. The average molecular weight is 264 g/mol. The largest absolute Gasteiger partial charge is 0.364 e. The third-order valence-corrected chi connectivity index (χ3v) is 3.50. The minimum Gasteiger partial charge on any atom is -0.364 e. The van der Waals surface area contributed by atoms with Gasteiger partial charge in [0.1, 0.15) is 0 Å². The van der Waals surface area contributed by atoms with Gasteiger partial charge in [0.05, 0.1) is 5.69 Å². The van der Waals surface area contributed by atoms with Crippen LogP contribution in [0.15, 0.2) is 24.3 Å². The molecule has 96 valence electrons. The Morgan fingerprint density at radius 1 is 1.17 bits per heavy atom. The molecule has 3 nitrogen and oxygen atoms in total. The van der Waals surface area contributed by atoms with Gasteiger partial charge in [0.25, 0.3) is 0 Å². The molecule has 1 heterocycles. The molecule has 0 aliphatic heterocycles. The van der Waals surface area contributed by atoms with E-state index >= 15 is 0 Å². The van der Waals surface area contributed by atoms with Gasteiger partial charge >= 0.3 is 0 Å². The van der Waals surface area contributed by atoms with Crippen LogP contribution in [0.25, 0.3) is 10.8 Å². The minimum atomic E-state index is 0.201. The molecular weight excluding hydrogens is 246 g/mol. The average Bonchev–Trinajstić information content (AvgIpc) is 2.38. The molecule has 0 fully saturated rings. The second-order valence-corrected chi connectivity index (χ2v) is 5.14.